The van der Waals surface area contributed by atoms with Gasteiger partial charge < -0.3 is 4.74 Å². The first kappa shape index (κ1) is 11.4. The molecule has 3 heteroatoms. The minimum absolute atomic E-state index is 0.00221. The lowest BCUT2D eigenvalue weighted by atomic mass is 10.1. The SMILES string of the molecule is COC(=O)C1=CC(C)C=C(C(C)=O)C=C1. The Balaban J connectivity index is 2.98. The van der Waals surface area contributed by atoms with E-state index in [2.05, 4.69) is 4.74 Å². The molecule has 1 aliphatic rings. The van der Waals surface area contributed by atoms with E-state index in [1.165, 1.54) is 14.0 Å². The lowest BCUT2D eigenvalue weighted by molar-refractivity contribution is -0.135. The average molecular weight is 206 g/mol. The van der Waals surface area contributed by atoms with Crippen molar-refractivity contribution >= 4 is 11.8 Å². The molecule has 0 heterocycles. The van der Waals surface area contributed by atoms with Crippen molar-refractivity contribution in [3.63, 3.8) is 0 Å². The fourth-order valence-corrected chi connectivity index (χ4v) is 1.39. The molecule has 0 spiro atoms. The summed E-state index contributed by atoms with van der Waals surface area (Å²) < 4.78 is 4.62. The van der Waals surface area contributed by atoms with Gasteiger partial charge in [-0.15, -0.1) is 0 Å². The van der Waals surface area contributed by atoms with Crippen LogP contribution in [0.3, 0.4) is 0 Å². The highest BCUT2D eigenvalue weighted by molar-refractivity contribution is 5.98. The normalized spacial score (nSPS) is 20.1. The second-order valence-electron chi connectivity index (χ2n) is 3.48. The molecular weight excluding hydrogens is 192 g/mol. The fourth-order valence-electron chi connectivity index (χ4n) is 1.39. The van der Waals surface area contributed by atoms with Crippen LogP contribution in [0.4, 0.5) is 0 Å². The second kappa shape index (κ2) is 4.73. The molecule has 0 saturated heterocycles. The lowest BCUT2D eigenvalue weighted by Gasteiger charge is -2.01. The van der Waals surface area contributed by atoms with Crippen LogP contribution in [0, 0.1) is 5.92 Å². The van der Waals surface area contributed by atoms with Crippen molar-refractivity contribution in [2.24, 2.45) is 5.92 Å². The van der Waals surface area contributed by atoms with Crippen LogP contribution in [0.2, 0.25) is 0 Å². The highest BCUT2D eigenvalue weighted by atomic mass is 16.5. The number of methoxy groups -OCH3 is 1. The Hall–Kier alpha value is -1.64. The molecule has 0 aromatic heterocycles. The number of ether oxygens (including phenoxy) is 1. The van der Waals surface area contributed by atoms with Gasteiger partial charge in [-0.25, -0.2) is 4.79 Å². The molecule has 0 fully saturated rings. The summed E-state index contributed by atoms with van der Waals surface area (Å²) in [4.78, 5) is 22.5. The summed E-state index contributed by atoms with van der Waals surface area (Å²) in [6.07, 6.45) is 6.87. The predicted molar refractivity (Wildman–Crippen MR) is 57.2 cm³/mol. The van der Waals surface area contributed by atoms with Crippen molar-refractivity contribution < 1.29 is 14.3 Å². The molecule has 0 amide bonds. The van der Waals surface area contributed by atoms with Gasteiger partial charge in [0.25, 0.3) is 0 Å². The summed E-state index contributed by atoms with van der Waals surface area (Å²) in [5.41, 5.74) is 1.11. The Labute approximate surface area is 89.1 Å². The van der Waals surface area contributed by atoms with Crippen molar-refractivity contribution in [2.45, 2.75) is 13.8 Å². The van der Waals surface area contributed by atoms with Gasteiger partial charge in [0.05, 0.1) is 12.7 Å². The molecule has 0 aliphatic heterocycles. The van der Waals surface area contributed by atoms with Crippen molar-refractivity contribution in [3.8, 4) is 0 Å². The molecule has 0 bridgehead atoms. The third kappa shape index (κ3) is 2.91. The van der Waals surface area contributed by atoms with Crippen LogP contribution < -0.4 is 0 Å². The van der Waals surface area contributed by atoms with E-state index >= 15 is 0 Å². The number of hydrogen-bond acceptors (Lipinski definition) is 3. The molecular formula is C12H14O3. The van der Waals surface area contributed by atoms with Crippen LogP contribution in [-0.4, -0.2) is 18.9 Å². The highest BCUT2D eigenvalue weighted by Gasteiger charge is 2.12. The van der Waals surface area contributed by atoms with E-state index in [0.717, 1.165) is 0 Å². The number of allylic oxidation sites excluding steroid dienone is 4. The molecule has 1 unspecified atom stereocenters. The van der Waals surface area contributed by atoms with Crippen molar-refractivity contribution in [3.05, 3.63) is 35.5 Å². The van der Waals surface area contributed by atoms with E-state index < -0.39 is 0 Å². The maximum absolute atomic E-state index is 11.3. The van der Waals surface area contributed by atoms with Gasteiger partial charge in [-0.3, -0.25) is 4.79 Å². The maximum Gasteiger partial charge on any atom is 0.337 e. The van der Waals surface area contributed by atoms with Crippen molar-refractivity contribution in [2.75, 3.05) is 7.11 Å². The zero-order valence-electron chi connectivity index (χ0n) is 9.11. The van der Waals surface area contributed by atoms with Gasteiger partial charge in [0.15, 0.2) is 5.78 Å². The number of esters is 1. The summed E-state index contributed by atoms with van der Waals surface area (Å²) in [6, 6.07) is 0. The molecule has 0 aromatic rings. The first-order valence-corrected chi connectivity index (χ1v) is 4.75. The number of ketones is 1. The molecule has 0 aromatic carbocycles. The smallest absolute Gasteiger partial charge is 0.337 e. The molecule has 1 rings (SSSR count). The summed E-state index contributed by atoms with van der Waals surface area (Å²) in [7, 11) is 1.34. The minimum atomic E-state index is -0.378. The molecule has 0 saturated carbocycles. The fraction of sp³-hybridized carbons (Fsp3) is 0.333. The zero-order valence-corrected chi connectivity index (χ0v) is 9.11. The van der Waals surface area contributed by atoms with Gasteiger partial charge in [-0.2, -0.15) is 0 Å². The number of carbonyl (C=O) groups excluding carboxylic acids is 2. The van der Waals surface area contributed by atoms with Gasteiger partial charge in [-0.05, 0) is 18.9 Å². The van der Waals surface area contributed by atoms with E-state index in [1.807, 2.05) is 13.0 Å². The Kier molecular flexibility index (Phi) is 3.61. The Morgan fingerprint density at radius 3 is 2.27 bits per heavy atom. The standard InChI is InChI=1S/C12H14O3/c1-8-6-10(9(2)13)4-5-11(7-8)12(14)15-3/h4-8H,1-3H3. The van der Waals surface area contributed by atoms with E-state index in [1.54, 1.807) is 18.2 Å². The van der Waals surface area contributed by atoms with Crippen molar-refractivity contribution in [1.82, 2.24) is 0 Å². The van der Waals surface area contributed by atoms with Gasteiger partial charge >= 0.3 is 5.97 Å². The van der Waals surface area contributed by atoms with Crippen LogP contribution in [-0.2, 0) is 14.3 Å². The molecule has 3 nitrogen and oxygen atoms in total. The van der Waals surface area contributed by atoms with Gasteiger partial charge in [-0.1, -0.05) is 25.2 Å². The second-order valence-corrected chi connectivity index (χ2v) is 3.48. The first-order valence-electron chi connectivity index (χ1n) is 4.75. The van der Waals surface area contributed by atoms with Crippen LogP contribution in [0.15, 0.2) is 35.5 Å². The third-order valence-electron chi connectivity index (χ3n) is 2.15. The van der Waals surface area contributed by atoms with E-state index in [0.29, 0.717) is 11.1 Å². The minimum Gasteiger partial charge on any atom is -0.465 e. The van der Waals surface area contributed by atoms with Crippen molar-refractivity contribution in [1.29, 1.82) is 0 Å². The number of rotatable bonds is 2. The van der Waals surface area contributed by atoms with Crippen LogP contribution in [0.5, 0.6) is 0 Å². The molecule has 15 heavy (non-hydrogen) atoms. The summed E-state index contributed by atoms with van der Waals surface area (Å²) in [6.45, 7) is 3.42. The quantitative estimate of drug-likeness (QED) is 0.647. The topological polar surface area (TPSA) is 43.4 Å². The van der Waals surface area contributed by atoms with E-state index in [-0.39, 0.29) is 17.7 Å². The van der Waals surface area contributed by atoms with Crippen LogP contribution in [0.25, 0.3) is 0 Å². The third-order valence-corrected chi connectivity index (χ3v) is 2.15. The van der Waals surface area contributed by atoms with Gasteiger partial charge in [0, 0.05) is 5.57 Å². The molecule has 1 aliphatic carbocycles. The number of Topliss-reactive ketones (excluding diaryl/α,β-unsaturated/α-hetero) is 1. The van der Waals surface area contributed by atoms with Gasteiger partial charge in [0.1, 0.15) is 0 Å². The van der Waals surface area contributed by atoms with Gasteiger partial charge in [0.2, 0.25) is 0 Å². The van der Waals surface area contributed by atoms with Crippen LogP contribution >= 0.6 is 0 Å². The summed E-state index contributed by atoms with van der Waals surface area (Å²) in [5, 5.41) is 0. The lowest BCUT2D eigenvalue weighted by Crippen LogP contribution is -2.03. The molecule has 80 valence electrons. The highest BCUT2D eigenvalue weighted by Crippen LogP contribution is 2.16. The van der Waals surface area contributed by atoms with E-state index in [4.69, 9.17) is 0 Å². The molecule has 0 radical (unpaired) electrons. The monoisotopic (exact) mass is 206 g/mol. The number of hydrogen-bond donors (Lipinski definition) is 0. The zero-order chi connectivity index (χ0) is 11.4. The largest absolute Gasteiger partial charge is 0.465 e. The van der Waals surface area contributed by atoms with Crippen LogP contribution in [0.1, 0.15) is 13.8 Å². The Bertz CT molecular complexity index is 372. The molecule has 1 atom stereocenters. The maximum atomic E-state index is 11.3. The first-order chi connectivity index (χ1) is 7.04. The Morgan fingerprint density at radius 2 is 1.73 bits per heavy atom. The molecule has 0 N–H and O–H groups in total. The summed E-state index contributed by atoms with van der Waals surface area (Å²) >= 11 is 0. The Morgan fingerprint density at radius 1 is 1.20 bits per heavy atom. The van der Waals surface area contributed by atoms with E-state index in [9.17, 15) is 9.59 Å². The average Bonchev–Trinajstić information content (AvgIpc) is 2.38. The summed E-state index contributed by atoms with van der Waals surface area (Å²) in [5.74, 6) is -0.332. The number of carbonyl (C=O) groups is 2. The predicted octanol–water partition coefficient (Wildman–Crippen LogP) is 1.81.